The average molecular weight is 360 g/mol. The Bertz CT molecular complexity index is 1140. The van der Waals surface area contributed by atoms with E-state index in [0.717, 1.165) is 11.1 Å². The molecule has 1 aliphatic rings. The van der Waals surface area contributed by atoms with Crippen LogP contribution >= 0.6 is 0 Å². The Labute approximate surface area is 152 Å². The van der Waals surface area contributed by atoms with E-state index in [2.05, 4.69) is 0 Å². The molecule has 128 valence electrons. The first-order valence-electron chi connectivity index (χ1n) is 8.26. The Hall–Kier alpha value is -2.98. The van der Waals surface area contributed by atoms with Gasteiger partial charge in [-0.15, -0.1) is 0 Å². The fraction of sp³-hybridized carbons (Fsp3) is 0.0455. The van der Waals surface area contributed by atoms with Gasteiger partial charge in [0.15, 0.2) is 0 Å². The maximum absolute atomic E-state index is 13.3. The van der Waals surface area contributed by atoms with E-state index in [1.54, 1.807) is 42.5 Å². The maximum Gasteiger partial charge on any atom is 0.211 e. The zero-order valence-electron chi connectivity index (χ0n) is 14.1. The van der Waals surface area contributed by atoms with Crippen LogP contribution in [0.2, 0.25) is 0 Å². The molecule has 0 saturated heterocycles. The zero-order chi connectivity index (χ0) is 18.3. The summed E-state index contributed by atoms with van der Waals surface area (Å²) < 4.78 is 26.7. The van der Waals surface area contributed by atoms with Crippen LogP contribution in [0.5, 0.6) is 0 Å². The minimum absolute atomic E-state index is 0.132. The molecule has 0 radical (unpaired) electrons. The highest BCUT2D eigenvalue weighted by Gasteiger charge is 2.38. The number of fused-ring (bicyclic) bond motifs is 1. The van der Waals surface area contributed by atoms with E-state index in [1.807, 2.05) is 43.3 Å². The summed E-state index contributed by atoms with van der Waals surface area (Å²) >= 11 is 0. The first kappa shape index (κ1) is 16.5. The smallest absolute Gasteiger partial charge is 0.211 e. The SMILES string of the molecule is Cc1ccc(S(=O)(=O)C2=C(c3ccccc3)c3ccccc3C2=O)cc1. The number of hydrogen-bond acceptors (Lipinski definition) is 3. The third-order valence-electron chi connectivity index (χ3n) is 4.54. The standard InChI is InChI=1S/C22H16O3S/c1-15-11-13-17(14-12-15)26(24,25)22-20(16-7-3-2-4-8-16)18-9-5-6-10-19(18)21(22)23/h2-14H,1H3. The summed E-state index contributed by atoms with van der Waals surface area (Å²) in [4.78, 5) is 13.0. The first-order valence-corrected chi connectivity index (χ1v) is 9.74. The highest BCUT2D eigenvalue weighted by atomic mass is 32.2. The highest BCUT2D eigenvalue weighted by Crippen LogP contribution is 2.41. The van der Waals surface area contributed by atoms with Crippen LogP contribution in [-0.4, -0.2) is 14.2 Å². The van der Waals surface area contributed by atoms with Crippen LogP contribution in [-0.2, 0) is 9.84 Å². The van der Waals surface area contributed by atoms with Crippen LogP contribution in [0, 0.1) is 6.92 Å². The van der Waals surface area contributed by atoms with Crippen molar-refractivity contribution < 1.29 is 13.2 Å². The molecule has 0 atom stereocenters. The molecule has 0 bridgehead atoms. The summed E-state index contributed by atoms with van der Waals surface area (Å²) in [7, 11) is -3.94. The summed E-state index contributed by atoms with van der Waals surface area (Å²) in [6.07, 6.45) is 0. The van der Waals surface area contributed by atoms with Crippen molar-refractivity contribution in [1.82, 2.24) is 0 Å². The number of aryl methyl sites for hydroxylation is 1. The lowest BCUT2D eigenvalue weighted by atomic mass is 9.99. The minimum Gasteiger partial charge on any atom is -0.288 e. The minimum atomic E-state index is -3.94. The summed E-state index contributed by atoms with van der Waals surface area (Å²) in [5.41, 5.74) is 3.25. The largest absolute Gasteiger partial charge is 0.288 e. The van der Waals surface area contributed by atoms with Gasteiger partial charge >= 0.3 is 0 Å². The molecular weight excluding hydrogens is 344 g/mol. The fourth-order valence-electron chi connectivity index (χ4n) is 3.24. The van der Waals surface area contributed by atoms with Gasteiger partial charge in [0, 0.05) is 11.1 Å². The van der Waals surface area contributed by atoms with E-state index in [-0.39, 0.29) is 9.80 Å². The fourth-order valence-corrected chi connectivity index (χ4v) is 4.82. The van der Waals surface area contributed by atoms with Gasteiger partial charge in [-0.1, -0.05) is 72.3 Å². The summed E-state index contributed by atoms with van der Waals surface area (Å²) in [5.74, 6) is -0.444. The molecule has 0 unspecified atom stereocenters. The predicted molar refractivity (Wildman–Crippen MR) is 102 cm³/mol. The van der Waals surface area contributed by atoms with Crippen molar-refractivity contribution in [3.63, 3.8) is 0 Å². The Kier molecular flexibility index (Phi) is 3.85. The molecule has 0 amide bonds. The van der Waals surface area contributed by atoms with Gasteiger partial charge < -0.3 is 0 Å². The molecule has 4 heteroatoms. The lowest BCUT2D eigenvalue weighted by Crippen LogP contribution is -2.12. The van der Waals surface area contributed by atoms with Crippen molar-refractivity contribution in [2.75, 3.05) is 0 Å². The van der Waals surface area contributed by atoms with E-state index >= 15 is 0 Å². The Balaban J connectivity index is 2.03. The van der Waals surface area contributed by atoms with E-state index in [9.17, 15) is 13.2 Å². The Morgan fingerprint density at radius 3 is 1.92 bits per heavy atom. The number of ketones is 1. The quantitative estimate of drug-likeness (QED) is 0.694. The molecule has 0 N–H and O–H groups in total. The Morgan fingerprint density at radius 1 is 0.692 bits per heavy atom. The van der Waals surface area contributed by atoms with Gasteiger partial charge in [0.2, 0.25) is 15.6 Å². The van der Waals surface area contributed by atoms with E-state index in [4.69, 9.17) is 0 Å². The van der Waals surface area contributed by atoms with Gasteiger partial charge in [-0.05, 0) is 30.2 Å². The van der Waals surface area contributed by atoms with E-state index in [1.165, 1.54) is 0 Å². The molecule has 0 heterocycles. The monoisotopic (exact) mass is 360 g/mol. The third kappa shape index (κ3) is 2.50. The molecule has 1 aliphatic carbocycles. The van der Waals surface area contributed by atoms with Crippen LogP contribution in [0.3, 0.4) is 0 Å². The molecular formula is C22H16O3S. The van der Waals surface area contributed by atoms with Gasteiger partial charge in [0.25, 0.3) is 0 Å². The summed E-state index contributed by atoms with van der Waals surface area (Å²) in [6, 6.07) is 22.8. The number of Topliss-reactive ketones (excluding diaryl/α,β-unsaturated/α-hetero) is 1. The lowest BCUT2D eigenvalue weighted by Gasteiger charge is -2.09. The van der Waals surface area contributed by atoms with Crippen LogP contribution in [0.4, 0.5) is 0 Å². The first-order chi connectivity index (χ1) is 12.5. The summed E-state index contributed by atoms with van der Waals surface area (Å²) in [6.45, 7) is 1.89. The van der Waals surface area contributed by atoms with Crippen LogP contribution in [0.1, 0.15) is 27.0 Å². The number of carbonyl (C=O) groups is 1. The molecule has 3 aromatic rings. The maximum atomic E-state index is 13.3. The van der Waals surface area contributed by atoms with Crippen LogP contribution in [0.15, 0.2) is 88.7 Å². The van der Waals surface area contributed by atoms with E-state index in [0.29, 0.717) is 16.7 Å². The second-order valence-corrected chi connectivity index (χ2v) is 8.15. The third-order valence-corrected chi connectivity index (χ3v) is 6.36. The summed E-state index contributed by atoms with van der Waals surface area (Å²) in [5, 5.41) is 0. The number of benzene rings is 3. The predicted octanol–water partition coefficient (Wildman–Crippen LogP) is 4.42. The molecule has 0 aromatic heterocycles. The highest BCUT2D eigenvalue weighted by molar-refractivity contribution is 7.96. The van der Waals surface area contributed by atoms with E-state index < -0.39 is 15.6 Å². The lowest BCUT2D eigenvalue weighted by molar-refractivity contribution is 0.104. The normalized spacial score (nSPS) is 13.8. The van der Waals surface area contributed by atoms with Crippen LogP contribution < -0.4 is 0 Å². The second-order valence-electron chi connectivity index (χ2n) is 6.26. The molecule has 0 fully saturated rings. The molecule has 0 aliphatic heterocycles. The molecule has 0 saturated carbocycles. The molecule has 3 nitrogen and oxygen atoms in total. The molecule has 0 spiro atoms. The topological polar surface area (TPSA) is 51.2 Å². The van der Waals surface area contributed by atoms with Gasteiger partial charge in [-0.2, -0.15) is 0 Å². The molecule has 4 rings (SSSR count). The average Bonchev–Trinajstić information content (AvgIpc) is 2.96. The number of allylic oxidation sites excluding steroid dienone is 1. The second kappa shape index (κ2) is 6.07. The zero-order valence-corrected chi connectivity index (χ0v) is 15.0. The van der Waals surface area contributed by atoms with Crippen molar-refractivity contribution in [2.24, 2.45) is 0 Å². The molecule has 26 heavy (non-hydrogen) atoms. The van der Waals surface area contributed by atoms with Crippen molar-refractivity contribution in [2.45, 2.75) is 11.8 Å². The number of sulfone groups is 1. The van der Waals surface area contributed by atoms with Crippen molar-refractivity contribution in [3.8, 4) is 0 Å². The number of carbonyl (C=O) groups excluding carboxylic acids is 1. The Morgan fingerprint density at radius 2 is 1.27 bits per heavy atom. The van der Waals surface area contributed by atoms with Crippen LogP contribution in [0.25, 0.3) is 5.57 Å². The van der Waals surface area contributed by atoms with Gasteiger partial charge in [-0.3, -0.25) is 4.79 Å². The van der Waals surface area contributed by atoms with Crippen molar-refractivity contribution in [1.29, 1.82) is 0 Å². The van der Waals surface area contributed by atoms with Gasteiger partial charge in [0.1, 0.15) is 4.91 Å². The number of rotatable bonds is 3. The molecule has 3 aromatic carbocycles. The van der Waals surface area contributed by atoms with Crippen molar-refractivity contribution in [3.05, 3.63) is 106 Å². The van der Waals surface area contributed by atoms with Gasteiger partial charge in [0.05, 0.1) is 4.90 Å². The van der Waals surface area contributed by atoms with Crippen molar-refractivity contribution >= 4 is 21.2 Å². The van der Waals surface area contributed by atoms with Gasteiger partial charge in [-0.25, -0.2) is 8.42 Å². The number of hydrogen-bond donors (Lipinski definition) is 0.